The van der Waals surface area contributed by atoms with Crippen LogP contribution in [0, 0.1) is 25.7 Å². The molecule has 4 rings (SSSR count). The summed E-state index contributed by atoms with van der Waals surface area (Å²) in [7, 11) is 0. The standard InChI is InChI=1S/C23H28ClN5O2S/c1-13-4-5-15(6-19(13)24)20(7-21(25)30)28-9-16-11-29(12-17(16)10-28)22(31)18-8-26-23(32-3)27-14(18)2/h4-6,8,16-17,20H,7,9-12H2,1-3H3,(H2,25,30). The van der Waals surface area contributed by atoms with Gasteiger partial charge in [-0.25, -0.2) is 9.97 Å². The topological polar surface area (TPSA) is 92.4 Å². The van der Waals surface area contributed by atoms with Crippen molar-refractivity contribution < 1.29 is 9.59 Å². The lowest BCUT2D eigenvalue weighted by atomic mass is 10.0. The number of nitrogens with two attached hydrogens (primary N) is 1. The van der Waals surface area contributed by atoms with Crippen LogP contribution in [0.25, 0.3) is 0 Å². The third kappa shape index (κ3) is 4.63. The predicted molar refractivity (Wildman–Crippen MR) is 126 cm³/mol. The third-order valence-corrected chi connectivity index (χ3v) is 7.56. The van der Waals surface area contributed by atoms with E-state index in [0.717, 1.165) is 24.2 Å². The van der Waals surface area contributed by atoms with Gasteiger partial charge in [0.05, 0.1) is 11.3 Å². The molecule has 2 aromatic rings. The number of carbonyl (C=O) groups excluding carboxylic acids is 2. The Balaban J connectivity index is 1.46. The van der Waals surface area contributed by atoms with Crippen molar-refractivity contribution in [2.24, 2.45) is 17.6 Å². The van der Waals surface area contributed by atoms with Crippen LogP contribution >= 0.6 is 23.4 Å². The summed E-state index contributed by atoms with van der Waals surface area (Å²) in [4.78, 5) is 37.8. The number of primary amides is 1. The molecule has 3 atom stereocenters. The number of nitrogens with zero attached hydrogens (tertiary/aromatic N) is 4. The highest BCUT2D eigenvalue weighted by molar-refractivity contribution is 7.98. The van der Waals surface area contributed by atoms with E-state index in [-0.39, 0.29) is 24.3 Å². The van der Waals surface area contributed by atoms with Crippen molar-refractivity contribution in [2.75, 3.05) is 32.4 Å². The molecule has 2 fully saturated rings. The molecule has 9 heteroatoms. The van der Waals surface area contributed by atoms with Crippen LogP contribution < -0.4 is 5.73 Å². The average molecular weight is 474 g/mol. The van der Waals surface area contributed by atoms with Crippen LogP contribution in [0.4, 0.5) is 0 Å². The van der Waals surface area contributed by atoms with Crippen LogP contribution in [0.2, 0.25) is 5.02 Å². The summed E-state index contributed by atoms with van der Waals surface area (Å²) in [5.74, 6) is 0.392. The van der Waals surface area contributed by atoms with Crippen molar-refractivity contribution in [2.45, 2.75) is 31.5 Å². The van der Waals surface area contributed by atoms with E-state index in [1.807, 2.05) is 43.2 Å². The Bertz CT molecular complexity index is 1040. The number of aryl methyl sites for hydroxylation is 2. The maximum atomic E-state index is 13.1. The number of carbonyl (C=O) groups is 2. The number of hydrogen-bond acceptors (Lipinski definition) is 6. The van der Waals surface area contributed by atoms with Crippen LogP contribution in [0.15, 0.2) is 29.6 Å². The van der Waals surface area contributed by atoms with Gasteiger partial charge in [-0.2, -0.15) is 0 Å². The zero-order valence-electron chi connectivity index (χ0n) is 18.5. The van der Waals surface area contributed by atoms with Gasteiger partial charge in [0, 0.05) is 49.9 Å². The fraction of sp³-hybridized carbons (Fsp3) is 0.478. The molecule has 1 aromatic heterocycles. The quantitative estimate of drug-likeness (QED) is 0.512. The highest BCUT2D eigenvalue weighted by Gasteiger charge is 2.44. The molecule has 1 aromatic carbocycles. The number of fused-ring (bicyclic) bond motifs is 1. The van der Waals surface area contributed by atoms with Crippen LogP contribution in [0.1, 0.15) is 39.6 Å². The number of halogens is 1. The second-order valence-electron chi connectivity index (χ2n) is 8.73. The van der Waals surface area contributed by atoms with Gasteiger partial charge in [0.25, 0.3) is 5.91 Å². The van der Waals surface area contributed by atoms with Crippen molar-refractivity contribution >= 4 is 35.2 Å². The summed E-state index contributed by atoms with van der Waals surface area (Å²) in [5.41, 5.74) is 8.88. The van der Waals surface area contributed by atoms with Crippen molar-refractivity contribution in [3.05, 3.63) is 51.8 Å². The van der Waals surface area contributed by atoms with Gasteiger partial charge in [0.1, 0.15) is 0 Å². The summed E-state index contributed by atoms with van der Waals surface area (Å²) in [5, 5.41) is 1.36. The van der Waals surface area contributed by atoms with Gasteiger partial charge in [-0.1, -0.05) is 35.5 Å². The molecule has 2 amide bonds. The molecule has 0 saturated carbocycles. The number of aromatic nitrogens is 2. The SMILES string of the molecule is CSc1ncc(C(=O)N2CC3CN(C(CC(N)=O)c4ccc(C)c(Cl)c4)CC3C2)c(C)n1. The van der Waals surface area contributed by atoms with Crippen LogP contribution in [-0.4, -0.2) is 64.0 Å². The lowest BCUT2D eigenvalue weighted by Gasteiger charge is -2.29. The number of hydrogen-bond donors (Lipinski definition) is 1. The van der Waals surface area contributed by atoms with E-state index in [4.69, 9.17) is 17.3 Å². The molecule has 3 unspecified atom stereocenters. The van der Waals surface area contributed by atoms with E-state index in [0.29, 0.717) is 46.4 Å². The van der Waals surface area contributed by atoms with Gasteiger partial charge in [-0.15, -0.1) is 0 Å². The smallest absolute Gasteiger partial charge is 0.257 e. The van der Waals surface area contributed by atoms with Gasteiger partial charge in [-0.3, -0.25) is 14.5 Å². The zero-order chi connectivity index (χ0) is 23.0. The Morgan fingerprint density at radius 1 is 1.22 bits per heavy atom. The highest BCUT2D eigenvalue weighted by Crippen LogP contribution is 2.38. The lowest BCUT2D eigenvalue weighted by Crippen LogP contribution is -2.36. The molecule has 2 saturated heterocycles. The number of rotatable bonds is 6. The van der Waals surface area contributed by atoms with Crippen molar-refractivity contribution in [1.82, 2.24) is 19.8 Å². The van der Waals surface area contributed by atoms with Crippen LogP contribution in [0.3, 0.4) is 0 Å². The largest absolute Gasteiger partial charge is 0.370 e. The summed E-state index contributed by atoms with van der Waals surface area (Å²) >= 11 is 7.81. The van der Waals surface area contributed by atoms with Crippen molar-refractivity contribution in [3.8, 4) is 0 Å². The summed E-state index contributed by atoms with van der Waals surface area (Å²) in [6, 6.07) is 5.85. The number of amides is 2. The molecule has 2 aliphatic rings. The Morgan fingerprint density at radius 2 is 1.91 bits per heavy atom. The maximum Gasteiger partial charge on any atom is 0.257 e. The minimum atomic E-state index is -0.329. The van der Waals surface area contributed by atoms with E-state index in [1.54, 1.807) is 6.20 Å². The van der Waals surface area contributed by atoms with E-state index < -0.39 is 0 Å². The molecule has 2 N–H and O–H groups in total. The molecular formula is C23H28ClN5O2S. The predicted octanol–water partition coefficient (Wildman–Crippen LogP) is 3.09. The molecule has 0 bridgehead atoms. The Labute approximate surface area is 197 Å². The first-order valence-corrected chi connectivity index (χ1v) is 12.3. The molecule has 3 heterocycles. The maximum absolute atomic E-state index is 13.1. The minimum Gasteiger partial charge on any atom is -0.370 e. The Kier molecular flexibility index (Phi) is 6.74. The first-order valence-electron chi connectivity index (χ1n) is 10.7. The van der Waals surface area contributed by atoms with Gasteiger partial charge in [0.2, 0.25) is 5.91 Å². The monoisotopic (exact) mass is 473 g/mol. The molecule has 2 aliphatic heterocycles. The summed E-state index contributed by atoms with van der Waals surface area (Å²) in [6.07, 6.45) is 3.81. The van der Waals surface area contributed by atoms with E-state index >= 15 is 0 Å². The summed E-state index contributed by atoms with van der Waals surface area (Å²) in [6.45, 7) is 6.84. The molecule has 0 aliphatic carbocycles. The Morgan fingerprint density at radius 3 is 2.47 bits per heavy atom. The molecule has 32 heavy (non-hydrogen) atoms. The fourth-order valence-corrected chi connectivity index (χ4v) is 5.41. The van der Waals surface area contributed by atoms with Crippen molar-refractivity contribution in [3.63, 3.8) is 0 Å². The molecular weight excluding hydrogens is 446 g/mol. The highest BCUT2D eigenvalue weighted by atomic mass is 35.5. The van der Waals surface area contributed by atoms with Crippen molar-refractivity contribution in [1.29, 1.82) is 0 Å². The zero-order valence-corrected chi connectivity index (χ0v) is 20.1. The van der Waals surface area contributed by atoms with Gasteiger partial charge in [-0.05, 0) is 49.1 Å². The van der Waals surface area contributed by atoms with Crippen LogP contribution in [0.5, 0.6) is 0 Å². The number of thioether (sulfide) groups is 1. The Hall–Kier alpha value is -2.16. The van der Waals surface area contributed by atoms with E-state index in [9.17, 15) is 9.59 Å². The minimum absolute atomic E-state index is 0.00453. The molecule has 170 valence electrons. The van der Waals surface area contributed by atoms with Gasteiger partial charge >= 0.3 is 0 Å². The normalized spacial score (nSPS) is 21.6. The lowest BCUT2D eigenvalue weighted by molar-refractivity contribution is -0.119. The second-order valence-corrected chi connectivity index (χ2v) is 9.92. The molecule has 7 nitrogen and oxygen atoms in total. The molecule has 0 spiro atoms. The van der Waals surface area contributed by atoms with Gasteiger partial charge < -0.3 is 10.6 Å². The first-order chi connectivity index (χ1) is 15.3. The van der Waals surface area contributed by atoms with E-state index in [1.165, 1.54) is 11.8 Å². The number of likely N-dealkylation sites (tertiary alicyclic amines) is 2. The third-order valence-electron chi connectivity index (χ3n) is 6.59. The van der Waals surface area contributed by atoms with E-state index in [2.05, 4.69) is 14.9 Å². The molecule has 0 radical (unpaired) electrons. The summed E-state index contributed by atoms with van der Waals surface area (Å²) < 4.78 is 0. The van der Waals surface area contributed by atoms with Gasteiger partial charge in [0.15, 0.2) is 5.16 Å². The number of benzene rings is 1. The first kappa shape index (κ1) is 23.0. The fourth-order valence-electron chi connectivity index (χ4n) is 4.84. The van der Waals surface area contributed by atoms with Crippen LogP contribution in [-0.2, 0) is 4.79 Å². The second kappa shape index (κ2) is 9.37. The average Bonchev–Trinajstić information content (AvgIpc) is 3.32.